The van der Waals surface area contributed by atoms with Crippen molar-refractivity contribution < 1.29 is 14.3 Å². The Morgan fingerprint density at radius 2 is 1.93 bits per heavy atom. The molecule has 4 aromatic rings. The highest BCUT2D eigenvalue weighted by Gasteiger charge is 2.23. The molecular formula is C23H21N3O3S. The monoisotopic (exact) mass is 419 g/mol. The molecule has 6 nitrogen and oxygen atoms in total. The summed E-state index contributed by atoms with van der Waals surface area (Å²) in [5.74, 6) is -0.759. The molecule has 0 saturated carbocycles. The van der Waals surface area contributed by atoms with Gasteiger partial charge < -0.3 is 14.5 Å². The zero-order valence-corrected chi connectivity index (χ0v) is 17.7. The number of aryl methyl sites for hydroxylation is 2. The minimum Gasteiger partial charge on any atom is -0.462 e. The number of hydrogen-bond donors (Lipinski definition) is 1. The maximum Gasteiger partial charge on any atom is 0.341 e. The number of nitrogens with one attached hydrogen (secondary N) is 1. The third kappa shape index (κ3) is 3.84. The van der Waals surface area contributed by atoms with Crippen molar-refractivity contribution in [3.05, 3.63) is 76.6 Å². The number of carbonyl (C=O) groups is 2. The summed E-state index contributed by atoms with van der Waals surface area (Å²) in [5, 5.41) is 5.22. The molecule has 0 unspecified atom stereocenters. The van der Waals surface area contributed by atoms with Gasteiger partial charge in [-0.05, 0) is 38.5 Å². The number of esters is 1. The van der Waals surface area contributed by atoms with Gasteiger partial charge in [-0.3, -0.25) is 4.79 Å². The van der Waals surface area contributed by atoms with Crippen LogP contribution in [0.25, 0.3) is 16.8 Å². The van der Waals surface area contributed by atoms with Crippen LogP contribution < -0.4 is 5.32 Å². The van der Waals surface area contributed by atoms with E-state index in [0.29, 0.717) is 21.8 Å². The second kappa shape index (κ2) is 8.12. The Morgan fingerprint density at radius 1 is 1.17 bits per heavy atom. The maximum absolute atomic E-state index is 12.9. The Morgan fingerprint density at radius 3 is 2.67 bits per heavy atom. The van der Waals surface area contributed by atoms with Gasteiger partial charge in [0.25, 0.3) is 5.91 Å². The molecule has 7 heteroatoms. The van der Waals surface area contributed by atoms with Crippen LogP contribution in [0, 0.1) is 13.8 Å². The molecule has 4 rings (SSSR count). The van der Waals surface area contributed by atoms with Crippen LogP contribution >= 0.6 is 11.3 Å². The molecule has 0 spiro atoms. The van der Waals surface area contributed by atoms with Gasteiger partial charge in [0.05, 0.1) is 12.3 Å². The number of ether oxygens (including phenoxy) is 1. The fourth-order valence-corrected chi connectivity index (χ4v) is 4.18. The Kier molecular flexibility index (Phi) is 5.37. The number of anilines is 1. The summed E-state index contributed by atoms with van der Waals surface area (Å²) in [4.78, 5) is 30.0. The first-order valence-electron chi connectivity index (χ1n) is 9.58. The Labute approximate surface area is 178 Å². The minimum absolute atomic E-state index is 0.255. The van der Waals surface area contributed by atoms with E-state index in [2.05, 4.69) is 10.3 Å². The zero-order valence-electron chi connectivity index (χ0n) is 16.9. The number of hydrogen-bond acceptors (Lipinski definition) is 5. The van der Waals surface area contributed by atoms with Gasteiger partial charge in [-0.15, -0.1) is 11.3 Å². The van der Waals surface area contributed by atoms with Gasteiger partial charge in [-0.1, -0.05) is 29.8 Å². The molecule has 3 heterocycles. The molecule has 0 fully saturated rings. The Balaban J connectivity index is 1.69. The van der Waals surface area contributed by atoms with E-state index in [-0.39, 0.29) is 12.5 Å². The van der Waals surface area contributed by atoms with E-state index in [0.717, 1.165) is 22.4 Å². The lowest BCUT2D eigenvalue weighted by Gasteiger charge is -2.09. The minimum atomic E-state index is -0.455. The molecule has 152 valence electrons. The number of imidazole rings is 1. The summed E-state index contributed by atoms with van der Waals surface area (Å²) >= 11 is 1.31. The largest absolute Gasteiger partial charge is 0.462 e. The third-order valence-electron chi connectivity index (χ3n) is 4.70. The average Bonchev–Trinajstić information content (AvgIpc) is 3.30. The number of fused-ring (bicyclic) bond motifs is 1. The summed E-state index contributed by atoms with van der Waals surface area (Å²) in [6.07, 6.45) is 3.69. The molecule has 1 amide bonds. The van der Waals surface area contributed by atoms with Crippen LogP contribution in [0.5, 0.6) is 0 Å². The predicted octanol–water partition coefficient (Wildman–Crippen LogP) is 5.11. The average molecular weight is 420 g/mol. The van der Waals surface area contributed by atoms with E-state index in [1.54, 1.807) is 25.3 Å². The second-order valence-corrected chi connectivity index (χ2v) is 7.84. The fourth-order valence-electron chi connectivity index (χ4n) is 3.23. The van der Waals surface area contributed by atoms with Crippen LogP contribution in [0.2, 0.25) is 0 Å². The maximum atomic E-state index is 12.9. The van der Waals surface area contributed by atoms with Gasteiger partial charge in [0.1, 0.15) is 16.2 Å². The molecule has 1 aromatic carbocycles. The number of thiophene rings is 1. The van der Waals surface area contributed by atoms with E-state index in [9.17, 15) is 9.59 Å². The molecule has 1 N–H and O–H groups in total. The number of amides is 1. The summed E-state index contributed by atoms with van der Waals surface area (Å²) in [5.41, 5.74) is 5.17. The number of pyridine rings is 1. The topological polar surface area (TPSA) is 72.7 Å². The summed E-state index contributed by atoms with van der Waals surface area (Å²) < 4.78 is 7.12. The van der Waals surface area contributed by atoms with Crippen molar-refractivity contribution >= 4 is 33.9 Å². The van der Waals surface area contributed by atoms with Crippen molar-refractivity contribution in [3.63, 3.8) is 0 Å². The highest BCUT2D eigenvalue weighted by Crippen LogP contribution is 2.36. The van der Waals surface area contributed by atoms with Crippen molar-refractivity contribution in [3.8, 4) is 11.1 Å². The van der Waals surface area contributed by atoms with Crippen LogP contribution in [0.1, 0.15) is 38.9 Å². The van der Waals surface area contributed by atoms with Crippen LogP contribution in [0.3, 0.4) is 0 Å². The standard InChI is InChI=1S/C23H21N3O3S/c1-4-29-23(28)20-18(16-7-5-14(2)6-8-16)13-30-22(20)25-21(27)17-9-10-26-12-15(3)24-19(26)11-17/h5-13H,4H2,1-3H3,(H,25,27). The lowest BCUT2D eigenvalue weighted by Crippen LogP contribution is -2.15. The number of aromatic nitrogens is 2. The van der Waals surface area contributed by atoms with Gasteiger partial charge in [0.2, 0.25) is 0 Å². The van der Waals surface area contributed by atoms with Gasteiger partial charge >= 0.3 is 5.97 Å². The number of rotatable bonds is 5. The molecule has 3 aromatic heterocycles. The van der Waals surface area contributed by atoms with Crippen molar-refractivity contribution in [2.24, 2.45) is 0 Å². The van der Waals surface area contributed by atoms with Crippen molar-refractivity contribution in [1.82, 2.24) is 9.38 Å². The van der Waals surface area contributed by atoms with Gasteiger partial charge in [0.15, 0.2) is 0 Å². The van der Waals surface area contributed by atoms with Gasteiger partial charge in [-0.2, -0.15) is 0 Å². The SMILES string of the molecule is CCOC(=O)c1c(-c2ccc(C)cc2)csc1NC(=O)c1ccn2cc(C)nc2c1. The molecule has 30 heavy (non-hydrogen) atoms. The van der Waals surface area contributed by atoms with Crippen LogP contribution in [-0.4, -0.2) is 27.9 Å². The molecule has 0 aliphatic rings. The highest BCUT2D eigenvalue weighted by atomic mass is 32.1. The van der Waals surface area contributed by atoms with Crippen molar-refractivity contribution in [2.75, 3.05) is 11.9 Å². The normalized spacial score (nSPS) is 10.9. The molecule has 0 atom stereocenters. The number of carbonyl (C=O) groups excluding carboxylic acids is 2. The summed E-state index contributed by atoms with van der Waals surface area (Å²) in [7, 11) is 0. The molecule has 0 aliphatic carbocycles. The van der Waals surface area contributed by atoms with Crippen molar-refractivity contribution in [2.45, 2.75) is 20.8 Å². The van der Waals surface area contributed by atoms with E-state index in [4.69, 9.17) is 4.74 Å². The van der Waals surface area contributed by atoms with E-state index in [1.165, 1.54) is 11.3 Å². The number of benzene rings is 1. The predicted molar refractivity (Wildman–Crippen MR) is 118 cm³/mol. The lowest BCUT2D eigenvalue weighted by molar-refractivity contribution is 0.0529. The molecule has 0 bridgehead atoms. The van der Waals surface area contributed by atoms with E-state index in [1.807, 2.05) is 54.1 Å². The van der Waals surface area contributed by atoms with Crippen LogP contribution in [0.15, 0.2) is 54.2 Å². The first-order valence-corrected chi connectivity index (χ1v) is 10.5. The molecule has 0 aliphatic heterocycles. The van der Waals surface area contributed by atoms with Crippen molar-refractivity contribution in [1.29, 1.82) is 0 Å². The first kappa shape index (κ1) is 19.8. The lowest BCUT2D eigenvalue weighted by atomic mass is 10.0. The summed E-state index contributed by atoms with van der Waals surface area (Å²) in [6.45, 7) is 5.92. The fraction of sp³-hybridized carbons (Fsp3) is 0.174. The van der Waals surface area contributed by atoms with Crippen LogP contribution in [0.4, 0.5) is 5.00 Å². The third-order valence-corrected chi connectivity index (χ3v) is 5.60. The second-order valence-electron chi connectivity index (χ2n) is 6.96. The smallest absolute Gasteiger partial charge is 0.341 e. The van der Waals surface area contributed by atoms with Gasteiger partial charge in [0, 0.05) is 28.9 Å². The van der Waals surface area contributed by atoms with Gasteiger partial charge in [-0.25, -0.2) is 9.78 Å². The molecule has 0 radical (unpaired) electrons. The Hall–Kier alpha value is -3.45. The van der Waals surface area contributed by atoms with Crippen LogP contribution in [-0.2, 0) is 4.74 Å². The molecular weight excluding hydrogens is 398 g/mol. The molecule has 0 saturated heterocycles. The van der Waals surface area contributed by atoms with E-state index >= 15 is 0 Å². The first-order chi connectivity index (χ1) is 14.5. The highest BCUT2D eigenvalue weighted by molar-refractivity contribution is 7.15. The zero-order chi connectivity index (χ0) is 21.3. The number of nitrogens with zero attached hydrogens (tertiary/aromatic N) is 2. The van der Waals surface area contributed by atoms with E-state index < -0.39 is 5.97 Å². The summed E-state index contributed by atoms with van der Waals surface area (Å²) in [6, 6.07) is 11.3. The quantitative estimate of drug-likeness (QED) is 0.456. The Bertz CT molecular complexity index is 1240.